The number of fused-ring (bicyclic) bond motifs is 1. The number of aromatic carboxylic acids is 1. The first-order valence-corrected chi connectivity index (χ1v) is 13.9. The molecule has 0 spiro atoms. The van der Waals surface area contributed by atoms with Crippen LogP contribution in [-0.2, 0) is 28.5 Å². The van der Waals surface area contributed by atoms with Crippen LogP contribution >= 0.6 is 0 Å². The Labute approximate surface area is 205 Å². The maximum absolute atomic E-state index is 12.9. The molecule has 0 radical (unpaired) electrons. The molecule has 32 heavy (non-hydrogen) atoms. The van der Waals surface area contributed by atoms with E-state index >= 15 is 0 Å². The molecule has 0 aromatic carbocycles. The van der Waals surface area contributed by atoms with Crippen molar-refractivity contribution in [2.24, 2.45) is 0 Å². The van der Waals surface area contributed by atoms with Crippen LogP contribution in [0.5, 0.6) is 0 Å². The summed E-state index contributed by atoms with van der Waals surface area (Å²) >= 11 is 0. The van der Waals surface area contributed by atoms with Crippen LogP contribution in [0.15, 0.2) is 6.20 Å². The Balaban J connectivity index is 0.00000512. The topological polar surface area (TPSA) is 91.8 Å². The molecular formula is C23H37LiN2O5Si. The number of nitrogens with zero attached hydrogens (tertiary/aromatic N) is 2. The molecule has 9 heteroatoms. The Bertz CT molecular complexity index is 831. The molecule has 0 unspecified atom stereocenters. The van der Waals surface area contributed by atoms with E-state index in [9.17, 15) is 14.7 Å². The van der Waals surface area contributed by atoms with E-state index in [0.29, 0.717) is 26.1 Å². The molecule has 2 rings (SSSR count). The second-order valence-corrected chi connectivity index (χ2v) is 15.6. The average molecular weight is 457 g/mol. The second kappa shape index (κ2) is 10.7. The molecule has 0 N–H and O–H groups in total. The number of carbonyl (C=O) groups is 2. The van der Waals surface area contributed by atoms with Crippen molar-refractivity contribution < 1.29 is 42.7 Å². The van der Waals surface area contributed by atoms with Crippen molar-refractivity contribution in [2.45, 2.75) is 91.1 Å². The SMILES string of the molecule is CC(C)(C)OC(=O)N(CCO[Si](C)(C)C(C)(C)C)Cc1cnc(C(=O)[O-])c2c1CCC2.[Li+]. The standard InChI is InChI=1S/C23H38N2O5Si.Li/c1-22(2,3)30-21(28)25(12-13-29-31(7,8)23(4,5)6)15-16-14-24-19(20(26)27)18-11-9-10-17(16)18;/h14H,9-13,15H2,1-8H3,(H,26,27);/q;+1/p-1. The summed E-state index contributed by atoms with van der Waals surface area (Å²) < 4.78 is 11.9. The minimum atomic E-state index is -1.95. The molecule has 7 nitrogen and oxygen atoms in total. The number of aromatic nitrogens is 1. The molecule has 0 atom stereocenters. The van der Waals surface area contributed by atoms with Crippen LogP contribution in [0.4, 0.5) is 4.79 Å². The Morgan fingerprint density at radius 3 is 2.25 bits per heavy atom. The van der Waals surface area contributed by atoms with Gasteiger partial charge in [-0.25, -0.2) is 4.79 Å². The first-order chi connectivity index (χ1) is 14.1. The number of carboxylic acid groups (broad SMARTS) is 1. The molecule has 1 aromatic heterocycles. The summed E-state index contributed by atoms with van der Waals surface area (Å²) in [5.41, 5.74) is 1.96. The van der Waals surface area contributed by atoms with Gasteiger partial charge in [-0.05, 0) is 74.9 Å². The zero-order chi connectivity index (χ0) is 23.6. The van der Waals surface area contributed by atoms with Crippen molar-refractivity contribution in [2.75, 3.05) is 13.2 Å². The van der Waals surface area contributed by atoms with Crippen molar-refractivity contribution in [1.82, 2.24) is 9.88 Å². The average Bonchev–Trinajstić information content (AvgIpc) is 3.07. The number of ether oxygens (including phenoxy) is 1. The minimum Gasteiger partial charge on any atom is -0.543 e. The Morgan fingerprint density at radius 1 is 1.12 bits per heavy atom. The van der Waals surface area contributed by atoms with Crippen LogP contribution < -0.4 is 24.0 Å². The van der Waals surface area contributed by atoms with E-state index in [4.69, 9.17) is 9.16 Å². The fourth-order valence-electron chi connectivity index (χ4n) is 3.36. The van der Waals surface area contributed by atoms with Gasteiger partial charge in [0.25, 0.3) is 0 Å². The smallest absolute Gasteiger partial charge is 0.543 e. The number of rotatable bonds is 7. The Hall–Kier alpha value is -1.34. The molecule has 1 heterocycles. The van der Waals surface area contributed by atoms with Gasteiger partial charge in [-0.1, -0.05) is 20.8 Å². The Kier molecular flexibility index (Phi) is 9.62. The maximum Gasteiger partial charge on any atom is 1.00 e. The molecular weight excluding hydrogens is 419 g/mol. The van der Waals surface area contributed by atoms with Gasteiger partial charge >= 0.3 is 25.0 Å². The third-order valence-electron chi connectivity index (χ3n) is 6.08. The van der Waals surface area contributed by atoms with E-state index in [1.165, 1.54) is 0 Å². The summed E-state index contributed by atoms with van der Waals surface area (Å²) in [7, 11) is -1.95. The van der Waals surface area contributed by atoms with Gasteiger partial charge in [0, 0.05) is 12.7 Å². The van der Waals surface area contributed by atoms with Gasteiger partial charge in [-0.3, -0.25) is 4.98 Å². The number of carbonyl (C=O) groups excluding carboxylic acids is 2. The van der Waals surface area contributed by atoms with Crippen molar-refractivity contribution in [3.63, 3.8) is 0 Å². The van der Waals surface area contributed by atoms with E-state index in [-0.39, 0.29) is 29.6 Å². The van der Waals surface area contributed by atoms with Crippen LogP contribution in [0.2, 0.25) is 18.1 Å². The molecule has 0 saturated carbocycles. The van der Waals surface area contributed by atoms with Crippen molar-refractivity contribution in [3.05, 3.63) is 28.6 Å². The van der Waals surface area contributed by atoms with Gasteiger partial charge in [0.15, 0.2) is 8.32 Å². The molecule has 174 valence electrons. The van der Waals surface area contributed by atoms with E-state index in [0.717, 1.165) is 29.5 Å². The Morgan fingerprint density at radius 2 is 1.72 bits per heavy atom. The number of hydrogen-bond donors (Lipinski definition) is 0. The van der Waals surface area contributed by atoms with Crippen LogP contribution in [0.1, 0.15) is 75.1 Å². The molecule has 1 aliphatic carbocycles. The molecule has 1 amide bonds. The number of amides is 1. The van der Waals surface area contributed by atoms with Crippen LogP contribution in [0, 0.1) is 0 Å². The van der Waals surface area contributed by atoms with Crippen LogP contribution in [0.3, 0.4) is 0 Å². The zero-order valence-electron chi connectivity index (χ0n) is 21.3. The summed E-state index contributed by atoms with van der Waals surface area (Å²) in [5, 5.41) is 11.5. The first kappa shape index (κ1) is 28.7. The molecule has 0 saturated heterocycles. The summed E-state index contributed by atoms with van der Waals surface area (Å²) in [6, 6.07) is 0. The third-order valence-corrected chi connectivity index (χ3v) is 10.6. The summed E-state index contributed by atoms with van der Waals surface area (Å²) in [6.07, 6.45) is 3.45. The van der Waals surface area contributed by atoms with Crippen LogP contribution in [-0.4, -0.2) is 49.0 Å². The number of carboxylic acids is 1. The van der Waals surface area contributed by atoms with Gasteiger partial charge in [-0.2, -0.15) is 0 Å². The summed E-state index contributed by atoms with van der Waals surface area (Å²) in [5.74, 6) is -1.25. The summed E-state index contributed by atoms with van der Waals surface area (Å²) in [4.78, 5) is 30.1. The van der Waals surface area contributed by atoms with Gasteiger partial charge < -0.3 is 24.0 Å². The quantitative estimate of drug-likeness (QED) is 0.561. The predicted molar refractivity (Wildman–Crippen MR) is 120 cm³/mol. The number of hydrogen-bond acceptors (Lipinski definition) is 6. The molecule has 1 aromatic rings. The molecule has 0 aliphatic heterocycles. The van der Waals surface area contributed by atoms with Crippen molar-refractivity contribution >= 4 is 20.4 Å². The molecule has 0 fully saturated rings. The molecule has 0 bridgehead atoms. The summed E-state index contributed by atoms with van der Waals surface area (Å²) in [6.45, 7) is 17.5. The van der Waals surface area contributed by atoms with Crippen molar-refractivity contribution in [3.8, 4) is 0 Å². The fraction of sp³-hybridized carbons (Fsp3) is 0.696. The number of pyridine rings is 1. The minimum absolute atomic E-state index is 0. The third kappa shape index (κ3) is 7.34. The van der Waals surface area contributed by atoms with Gasteiger partial charge in [0.1, 0.15) is 5.60 Å². The normalized spacial score (nSPS) is 13.9. The van der Waals surface area contributed by atoms with Gasteiger partial charge in [-0.15, -0.1) is 0 Å². The largest absolute Gasteiger partial charge is 1.00 e. The maximum atomic E-state index is 12.9. The first-order valence-electron chi connectivity index (χ1n) is 11.0. The van der Waals surface area contributed by atoms with Gasteiger partial charge in [0.2, 0.25) is 0 Å². The fourth-order valence-corrected chi connectivity index (χ4v) is 4.40. The van der Waals surface area contributed by atoms with E-state index in [2.05, 4.69) is 38.8 Å². The van der Waals surface area contributed by atoms with Gasteiger partial charge in [0.05, 0.1) is 24.8 Å². The van der Waals surface area contributed by atoms with E-state index in [1.54, 1.807) is 11.1 Å². The predicted octanol–water partition coefficient (Wildman–Crippen LogP) is 0.697. The monoisotopic (exact) mass is 456 g/mol. The van der Waals surface area contributed by atoms with E-state index in [1.807, 2.05) is 20.8 Å². The van der Waals surface area contributed by atoms with Crippen molar-refractivity contribution in [1.29, 1.82) is 0 Å². The van der Waals surface area contributed by atoms with Crippen LogP contribution in [0.25, 0.3) is 0 Å². The molecule has 1 aliphatic rings. The second-order valence-electron chi connectivity index (χ2n) is 10.7. The zero-order valence-corrected chi connectivity index (χ0v) is 22.3. The van der Waals surface area contributed by atoms with E-state index < -0.39 is 26.0 Å².